The number of carbonyl (C=O) groups excluding carboxylic acids is 2. The van der Waals surface area contributed by atoms with Crippen molar-refractivity contribution in [1.82, 2.24) is 5.32 Å². The third-order valence-electron chi connectivity index (χ3n) is 4.53. The Morgan fingerprint density at radius 3 is 2.44 bits per heavy atom. The minimum absolute atomic E-state index is 0.165. The first kappa shape index (κ1) is 19.1. The molecule has 1 aliphatic rings. The first-order chi connectivity index (χ1) is 12.0. The molecule has 138 valence electrons. The standard InChI is InChI=1S/C19H27NO5/c1-13-6-4-5-7-17(13)20-19(22)14(2)25-18(21)12-24-16-10-8-15(23-3)9-11-16/h8-11,13-14,17H,4-7,12H2,1-3H3,(H,20,22)/t13-,14+,17+/m0/s1. The Bertz CT molecular complexity index is 572. The predicted molar refractivity (Wildman–Crippen MR) is 93.6 cm³/mol. The third kappa shape index (κ3) is 5.96. The first-order valence-electron chi connectivity index (χ1n) is 8.76. The SMILES string of the molecule is COc1ccc(OCC(=O)O[C@H](C)C(=O)N[C@@H]2CCCC[C@@H]2C)cc1. The van der Waals surface area contributed by atoms with E-state index < -0.39 is 12.1 Å². The quantitative estimate of drug-likeness (QED) is 0.766. The van der Waals surface area contributed by atoms with Crippen molar-refractivity contribution in [2.45, 2.75) is 51.7 Å². The van der Waals surface area contributed by atoms with Gasteiger partial charge in [-0.15, -0.1) is 0 Å². The van der Waals surface area contributed by atoms with Crippen molar-refractivity contribution >= 4 is 11.9 Å². The van der Waals surface area contributed by atoms with Crippen LogP contribution in [0, 0.1) is 5.92 Å². The maximum atomic E-state index is 12.2. The number of amides is 1. The molecule has 0 spiro atoms. The number of ether oxygens (including phenoxy) is 3. The first-order valence-corrected chi connectivity index (χ1v) is 8.76. The van der Waals surface area contributed by atoms with Crippen molar-refractivity contribution in [2.75, 3.05) is 13.7 Å². The molecule has 25 heavy (non-hydrogen) atoms. The minimum atomic E-state index is -0.832. The Morgan fingerprint density at radius 2 is 1.80 bits per heavy atom. The number of esters is 1. The summed E-state index contributed by atoms with van der Waals surface area (Å²) >= 11 is 0. The molecule has 1 saturated carbocycles. The van der Waals surface area contributed by atoms with E-state index in [0.717, 1.165) is 19.3 Å². The van der Waals surface area contributed by atoms with E-state index in [4.69, 9.17) is 14.2 Å². The Hall–Kier alpha value is -2.24. The van der Waals surface area contributed by atoms with Crippen molar-refractivity contribution < 1.29 is 23.8 Å². The van der Waals surface area contributed by atoms with E-state index in [9.17, 15) is 9.59 Å². The molecular weight excluding hydrogens is 322 g/mol. The summed E-state index contributed by atoms with van der Waals surface area (Å²) in [4.78, 5) is 24.1. The van der Waals surface area contributed by atoms with Gasteiger partial charge in [0.05, 0.1) is 7.11 Å². The molecule has 1 aromatic carbocycles. The third-order valence-corrected chi connectivity index (χ3v) is 4.53. The zero-order valence-electron chi connectivity index (χ0n) is 15.1. The Kier molecular flexibility index (Phi) is 7.10. The van der Waals surface area contributed by atoms with Gasteiger partial charge in [-0.05, 0) is 49.9 Å². The van der Waals surface area contributed by atoms with Crippen molar-refractivity contribution in [3.05, 3.63) is 24.3 Å². The summed E-state index contributed by atoms with van der Waals surface area (Å²) in [5.74, 6) is 0.869. The Balaban J connectivity index is 1.73. The minimum Gasteiger partial charge on any atom is -0.497 e. The maximum absolute atomic E-state index is 12.2. The van der Waals surface area contributed by atoms with Crippen molar-refractivity contribution in [1.29, 1.82) is 0 Å². The molecule has 6 heteroatoms. The fraction of sp³-hybridized carbons (Fsp3) is 0.579. The van der Waals surface area contributed by atoms with Crippen molar-refractivity contribution in [3.63, 3.8) is 0 Å². The smallest absolute Gasteiger partial charge is 0.344 e. The van der Waals surface area contributed by atoms with Gasteiger partial charge in [-0.3, -0.25) is 4.79 Å². The number of hydrogen-bond acceptors (Lipinski definition) is 5. The highest BCUT2D eigenvalue weighted by atomic mass is 16.6. The van der Waals surface area contributed by atoms with Crippen LogP contribution in [0.3, 0.4) is 0 Å². The summed E-state index contributed by atoms with van der Waals surface area (Å²) in [6.07, 6.45) is 3.60. The largest absolute Gasteiger partial charge is 0.497 e. The fourth-order valence-electron chi connectivity index (χ4n) is 2.93. The number of methoxy groups -OCH3 is 1. The van der Waals surface area contributed by atoms with Crippen molar-refractivity contribution in [3.8, 4) is 11.5 Å². The van der Waals surface area contributed by atoms with Gasteiger partial charge in [-0.1, -0.05) is 19.8 Å². The van der Waals surface area contributed by atoms with Gasteiger partial charge in [0, 0.05) is 6.04 Å². The average Bonchev–Trinajstić information content (AvgIpc) is 2.62. The summed E-state index contributed by atoms with van der Waals surface area (Å²) in [7, 11) is 1.58. The molecule has 1 aromatic rings. The highest BCUT2D eigenvalue weighted by Gasteiger charge is 2.26. The van der Waals surface area contributed by atoms with E-state index in [2.05, 4.69) is 12.2 Å². The van der Waals surface area contributed by atoms with E-state index in [1.54, 1.807) is 38.3 Å². The van der Waals surface area contributed by atoms with Crippen LogP contribution in [0.2, 0.25) is 0 Å². The van der Waals surface area contributed by atoms with Crippen LogP contribution in [-0.2, 0) is 14.3 Å². The van der Waals surface area contributed by atoms with Gasteiger partial charge in [0.1, 0.15) is 11.5 Å². The summed E-state index contributed by atoms with van der Waals surface area (Å²) in [6.45, 7) is 3.47. The topological polar surface area (TPSA) is 73.9 Å². The summed E-state index contributed by atoms with van der Waals surface area (Å²) in [5.41, 5.74) is 0. The number of rotatable bonds is 7. The molecule has 0 saturated heterocycles. The van der Waals surface area contributed by atoms with Crippen LogP contribution in [0.5, 0.6) is 11.5 Å². The molecular formula is C19H27NO5. The summed E-state index contributed by atoms with van der Waals surface area (Å²) < 4.78 is 15.6. The summed E-state index contributed by atoms with van der Waals surface area (Å²) in [5, 5.41) is 2.99. The normalized spacial score (nSPS) is 21.1. The van der Waals surface area contributed by atoms with E-state index in [1.807, 2.05) is 0 Å². The Labute approximate surface area is 148 Å². The van der Waals surface area contributed by atoms with Crippen LogP contribution in [0.25, 0.3) is 0 Å². The van der Waals surface area contributed by atoms with E-state index in [-0.39, 0.29) is 18.6 Å². The highest BCUT2D eigenvalue weighted by Crippen LogP contribution is 2.23. The second-order valence-corrected chi connectivity index (χ2v) is 6.47. The second kappa shape index (κ2) is 9.30. The lowest BCUT2D eigenvalue weighted by molar-refractivity contribution is -0.157. The number of benzene rings is 1. The zero-order chi connectivity index (χ0) is 18.2. The summed E-state index contributed by atoms with van der Waals surface area (Å²) in [6, 6.07) is 7.04. The molecule has 1 N–H and O–H groups in total. The van der Waals surface area contributed by atoms with Gasteiger partial charge in [-0.25, -0.2) is 4.79 Å². The molecule has 6 nitrogen and oxygen atoms in total. The fourth-order valence-corrected chi connectivity index (χ4v) is 2.93. The van der Waals surface area contributed by atoms with Gasteiger partial charge >= 0.3 is 5.97 Å². The molecule has 1 fully saturated rings. The molecule has 0 aliphatic heterocycles. The van der Waals surface area contributed by atoms with Crippen molar-refractivity contribution in [2.24, 2.45) is 5.92 Å². The van der Waals surface area contributed by atoms with E-state index in [1.165, 1.54) is 6.42 Å². The van der Waals surface area contributed by atoms with Crippen LogP contribution < -0.4 is 14.8 Å². The predicted octanol–water partition coefficient (Wildman–Crippen LogP) is 2.70. The van der Waals surface area contributed by atoms with Gasteiger partial charge < -0.3 is 19.5 Å². The molecule has 0 unspecified atom stereocenters. The highest BCUT2D eigenvalue weighted by molar-refractivity contribution is 5.83. The molecule has 0 radical (unpaired) electrons. The van der Waals surface area contributed by atoms with Gasteiger partial charge in [0.25, 0.3) is 5.91 Å². The molecule has 1 amide bonds. The van der Waals surface area contributed by atoms with Gasteiger partial charge in [0.15, 0.2) is 12.7 Å². The van der Waals surface area contributed by atoms with Crippen LogP contribution in [-0.4, -0.2) is 37.7 Å². The second-order valence-electron chi connectivity index (χ2n) is 6.47. The number of nitrogens with one attached hydrogen (secondary N) is 1. The molecule has 2 rings (SSSR count). The Morgan fingerprint density at radius 1 is 1.16 bits per heavy atom. The molecule has 0 heterocycles. The lowest BCUT2D eigenvalue weighted by atomic mass is 9.86. The van der Waals surface area contributed by atoms with Crippen LogP contribution in [0.1, 0.15) is 39.5 Å². The number of carbonyl (C=O) groups is 2. The van der Waals surface area contributed by atoms with Gasteiger partial charge in [-0.2, -0.15) is 0 Å². The zero-order valence-corrected chi connectivity index (χ0v) is 15.1. The maximum Gasteiger partial charge on any atom is 0.344 e. The lowest BCUT2D eigenvalue weighted by Crippen LogP contribution is -2.46. The van der Waals surface area contributed by atoms with E-state index in [0.29, 0.717) is 17.4 Å². The van der Waals surface area contributed by atoms with Crippen LogP contribution in [0.15, 0.2) is 24.3 Å². The molecule has 1 aliphatic carbocycles. The van der Waals surface area contributed by atoms with Gasteiger partial charge in [0.2, 0.25) is 0 Å². The van der Waals surface area contributed by atoms with E-state index >= 15 is 0 Å². The lowest BCUT2D eigenvalue weighted by Gasteiger charge is -2.30. The molecule has 0 aromatic heterocycles. The average molecular weight is 349 g/mol. The van der Waals surface area contributed by atoms with Crippen LogP contribution in [0.4, 0.5) is 0 Å². The monoisotopic (exact) mass is 349 g/mol. The number of hydrogen-bond donors (Lipinski definition) is 1. The molecule has 0 bridgehead atoms. The van der Waals surface area contributed by atoms with Crippen LogP contribution >= 0.6 is 0 Å². The molecule has 3 atom stereocenters.